The van der Waals surface area contributed by atoms with Gasteiger partial charge in [0.25, 0.3) is 6.43 Å². The van der Waals surface area contributed by atoms with E-state index in [-0.39, 0.29) is 18.6 Å². The Morgan fingerprint density at radius 1 is 1.40 bits per heavy atom. The first-order chi connectivity index (χ1) is 9.66. The number of nitrogens with one attached hydrogen (secondary N) is 2. The lowest BCUT2D eigenvalue weighted by molar-refractivity contribution is -0.118. The standard InChI is InChI=1S/C14H18F2N2O2/c15-13(16)9-20-8-7-17-12-6-5-10-3-1-2-4-11(10)18-14(12)19/h1-4,12-13,17H,5-9H2,(H,18,19). The number of carbonyl (C=O) groups excluding carboxylic acids is 1. The molecule has 1 aromatic rings. The lowest BCUT2D eigenvalue weighted by Gasteiger charge is -2.15. The first-order valence-corrected chi connectivity index (χ1v) is 6.65. The van der Waals surface area contributed by atoms with Gasteiger partial charge in [0.1, 0.15) is 6.61 Å². The van der Waals surface area contributed by atoms with Crippen molar-refractivity contribution < 1.29 is 18.3 Å². The summed E-state index contributed by atoms with van der Waals surface area (Å²) in [6, 6.07) is 7.37. The average Bonchev–Trinajstić information content (AvgIpc) is 2.57. The van der Waals surface area contributed by atoms with Gasteiger partial charge >= 0.3 is 0 Å². The van der Waals surface area contributed by atoms with Gasteiger partial charge in [-0.05, 0) is 24.5 Å². The Bertz CT molecular complexity index is 455. The van der Waals surface area contributed by atoms with E-state index in [1.165, 1.54) is 0 Å². The predicted octanol–water partition coefficient (Wildman–Crippen LogP) is 1.81. The Kier molecular flexibility index (Phi) is 5.43. The maximum Gasteiger partial charge on any atom is 0.261 e. The second-order valence-electron chi connectivity index (χ2n) is 4.66. The molecule has 1 amide bonds. The van der Waals surface area contributed by atoms with Gasteiger partial charge in [0, 0.05) is 12.2 Å². The predicted molar refractivity (Wildman–Crippen MR) is 72.0 cm³/mol. The van der Waals surface area contributed by atoms with E-state index >= 15 is 0 Å². The summed E-state index contributed by atoms with van der Waals surface area (Å²) in [4.78, 5) is 12.0. The summed E-state index contributed by atoms with van der Waals surface area (Å²) in [5.41, 5.74) is 1.95. The van der Waals surface area contributed by atoms with E-state index in [4.69, 9.17) is 4.74 Å². The van der Waals surface area contributed by atoms with Gasteiger partial charge in [0.2, 0.25) is 5.91 Å². The Morgan fingerprint density at radius 3 is 3.00 bits per heavy atom. The number of halogens is 2. The van der Waals surface area contributed by atoms with Crippen molar-refractivity contribution >= 4 is 11.6 Å². The molecule has 1 heterocycles. The summed E-state index contributed by atoms with van der Waals surface area (Å²) < 4.78 is 28.5. The summed E-state index contributed by atoms with van der Waals surface area (Å²) in [7, 11) is 0. The van der Waals surface area contributed by atoms with Crippen LogP contribution >= 0.6 is 0 Å². The number of amides is 1. The second-order valence-corrected chi connectivity index (χ2v) is 4.66. The summed E-state index contributed by atoms with van der Waals surface area (Å²) in [5, 5.41) is 5.91. The molecule has 4 nitrogen and oxygen atoms in total. The van der Waals surface area contributed by atoms with Crippen molar-refractivity contribution in [2.75, 3.05) is 25.1 Å². The number of alkyl halides is 2. The number of anilines is 1. The van der Waals surface area contributed by atoms with Crippen LogP contribution in [0.3, 0.4) is 0 Å². The maximum absolute atomic E-state index is 12.0. The van der Waals surface area contributed by atoms with Crippen LogP contribution in [0.25, 0.3) is 0 Å². The van der Waals surface area contributed by atoms with Gasteiger partial charge in [-0.1, -0.05) is 18.2 Å². The molecule has 0 radical (unpaired) electrons. The Hall–Kier alpha value is -1.53. The Labute approximate surface area is 116 Å². The molecule has 0 saturated heterocycles. The largest absolute Gasteiger partial charge is 0.374 e. The number of fused-ring (bicyclic) bond motifs is 1. The molecule has 2 rings (SSSR count). The van der Waals surface area contributed by atoms with Crippen molar-refractivity contribution in [3.05, 3.63) is 29.8 Å². The third kappa shape index (κ3) is 4.25. The number of rotatable bonds is 6. The lowest BCUT2D eigenvalue weighted by atomic mass is 10.1. The zero-order valence-electron chi connectivity index (χ0n) is 11.1. The maximum atomic E-state index is 12.0. The van der Waals surface area contributed by atoms with E-state index in [1.54, 1.807) is 0 Å². The topological polar surface area (TPSA) is 50.4 Å². The molecule has 0 spiro atoms. The van der Waals surface area contributed by atoms with Crippen molar-refractivity contribution in [1.29, 1.82) is 0 Å². The van der Waals surface area contributed by atoms with Gasteiger partial charge in [0.15, 0.2) is 0 Å². The van der Waals surface area contributed by atoms with E-state index < -0.39 is 13.0 Å². The molecule has 6 heteroatoms. The zero-order chi connectivity index (χ0) is 14.4. The van der Waals surface area contributed by atoms with Crippen molar-refractivity contribution in [1.82, 2.24) is 5.32 Å². The van der Waals surface area contributed by atoms with E-state index in [1.807, 2.05) is 24.3 Å². The molecule has 2 N–H and O–H groups in total. The minimum Gasteiger partial charge on any atom is -0.374 e. The fraction of sp³-hybridized carbons (Fsp3) is 0.500. The molecular formula is C14H18F2N2O2. The fourth-order valence-corrected chi connectivity index (χ4v) is 2.18. The highest BCUT2D eigenvalue weighted by Crippen LogP contribution is 2.21. The lowest BCUT2D eigenvalue weighted by Crippen LogP contribution is -2.41. The highest BCUT2D eigenvalue weighted by molar-refractivity contribution is 5.96. The number of benzene rings is 1. The molecule has 0 aliphatic carbocycles. The third-order valence-corrected chi connectivity index (χ3v) is 3.18. The molecule has 1 aliphatic rings. The highest BCUT2D eigenvalue weighted by Gasteiger charge is 2.22. The molecule has 0 saturated carbocycles. The summed E-state index contributed by atoms with van der Waals surface area (Å²) in [6.07, 6.45) is -0.979. The summed E-state index contributed by atoms with van der Waals surface area (Å²) in [5.74, 6) is -0.0937. The number of hydrogen-bond acceptors (Lipinski definition) is 3. The normalized spacial score (nSPS) is 18.6. The van der Waals surface area contributed by atoms with E-state index in [0.717, 1.165) is 17.7 Å². The zero-order valence-corrected chi connectivity index (χ0v) is 11.1. The highest BCUT2D eigenvalue weighted by atomic mass is 19.3. The molecule has 1 unspecified atom stereocenters. The first-order valence-electron chi connectivity index (χ1n) is 6.65. The molecule has 20 heavy (non-hydrogen) atoms. The quantitative estimate of drug-likeness (QED) is 0.783. The molecule has 110 valence electrons. The first kappa shape index (κ1) is 14.9. The Morgan fingerprint density at radius 2 is 2.20 bits per heavy atom. The van der Waals surface area contributed by atoms with Crippen LogP contribution in [0.5, 0.6) is 0 Å². The van der Waals surface area contributed by atoms with Crippen molar-refractivity contribution in [2.24, 2.45) is 0 Å². The van der Waals surface area contributed by atoms with Gasteiger partial charge in [-0.2, -0.15) is 0 Å². The van der Waals surface area contributed by atoms with Crippen molar-refractivity contribution in [3.8, 4) is 0 Å². The fourth-order valence-electron chi connectivity index (χ4n) is 2.18. The summed E-state index contributed by atoms with van der Waals surface area (Å²) in [6.45, 7) is -0.0216. The number of ether oxygens (including phenoxy) is 1. The number of carbonyl (C=O) groups is 1. The minimum atomic E-state index is -2.45. The number of aryl methyl sites for hydroxylation is 1. The average molecular weight is 284 g/mol. The second kappa shape index (κ2) is 7.31. The van der Waals surface area contributed by atoms with Crippen LogP contribution in [-0.4, -0.2) is 38.1 Å². The van der Waals surface area contributed by atoms with Crippen molar-refractivity contribution in [3.63, 3.8) is 0 Å². The molecule has 0 bridgehead atoms. The summed E-state index contributed by atoms with van der Waals surface area (Å²) >= 11 is 0. The van der Waals surface area contributed by atoms with Crippen molar-refractivity contribution in [2.45, 2.75) is 25.3 Å². The van der Waals surface area contributed by atoms with E-state index in [0.29, 0.717) is 13.0 Å². The van der Waals surface area contributed by atoms with Gasteiger partial charge in [-0.25, -0.2) is 8.78 Å². The monoisotopic (exact) mass is 284 g/mol. The van der Waals surface area contributed by atoms with Crippen LogP contribution in [0.1, 0.15) is 12.0 Å². The number of hydrogen-bond donors (Lipinski definition) is 2. The van der Waals surface area contributed by atoms with Crippen LogP contribution < -0.4 is 10.6 Å². The molecule has 0 fully saturated rings. The van der Waals surface area contributed by atoms with Crippen LogP contribution in [0.4, 0.5) is 14.5 Å². The molecular weight excluding hydrogens is 266 g/mol. The third-order valence-electron chi connectivity index (χ3n) is 3.18. The van der Waals surface area contributed by atoms with E-state index in [9.17, 15) is 13.6 Å². The van der Waals surface area contributed by atoms with Crippen LogP contribution in [-0.2, 0) is 16.0 Å². The molecule has 1 atom stereocenters. The molecule has 0 aromatic heterocycles. The van der Waals surface area contributed by atoms with Gasteiger partial charge in [-0.15, -0.1) is 0 Å². The van der Waals surface area contributed by atoms with Crippen LogP contribution in [0.2, 0.25) is 0 Å². The smallest absolute Gasteiger partial charge is 0.261 e. The van der Waals surface area contributed by atoms with Gasteiger partial charge in [0.05, 0.1) is 12.6 Å². The molecule has 1 aliphatic heterocycles. The van der Waals surface area contributed by atoms with Gasteiger partial charge in [-0.3, -0.25) is 4.79 Å². The SMILES string of the molecule is O=C1Nc2ccccc2CCC1NCCOCC(F)F. The Balaban J connectivity index is 1.78. The van der Waals surface area contributed by atoms with Crippen LogP contribution in [0, 0.1) is 0 Å². The minimum absolute atomic E-state index is 0.0937. The van der Waals surface area contributed by atoms with Crippen LogP contribution in [0.15, 0.2) is 24.3 Å². The van der Waals surface area contributed by atoms with Gasteiger partial charge < -0.3 is 15.4 Å². The number of para-hydroxylation sites is 1. The van der Waals surface area contributed by atoms with E-state index in [2.05, 4.69) is 10.6 Å². The molecule has 1 aromatic carbocycles.